The van der Waals surface area contributed by atoms with Gasteiger partial charge in [0.25, 0.3) is 0 Å². The highest BCUT2D eigenvalue weighted by molar-refractivity contribution is 4.67. The fraction of sp³-hybridized carbons (Fsp3) is 1.00. The Kier molecular flexibility index (Phi) is 2.97. The van der Waals surface area contributed by atoms with Gasteiger partial charge < -0.3 is 15.2 Å². The van der Waals surface area contributed by atoms with E-state index in [1.807, 2.05) is 0 Å². The Morgan fingerprint density at radius 3 is 2.89 bits per heavy atom. The third kappa shape index (κ3) is 3.46. The summed E-state index contributed by atoms with van der Waals surface area (Å²) in [6.45, 7) is 3.01. The summed E-state index contributed by atoms with van der Waals surface area (Å²) < 4.78 is 10.1. The first-order chi connectivity index (χ1) is 4.43. The maximum Gasteiger partial charge on any atom is 0.0831 e. The van der Waals surface area contributed by atoms with Crippen LogP contribution < -0.4 is 5.73 Å². The molecule has 0 aromatic rings. The molecule has 1 heterocycles. The normalized spacial score (nSPS) is 24.3. The number of rotatable bonds is 5. The van der Waals surface area contributed by atoms with E-state index in [0.29, 0.717) is 19.3 Å². The highest BCUT2D eigenvalue weighted by atomic mass is 16.6. The van der Waals surface area contributed by atoms with E-state index in [2.05, 4.69) is 0 Å². The highest BCUT2D eigenvalue weighted by Gasteiger charge is 2.21. The van der Waals surface area contributed by atoms with Crippen molar-refractivity contribution in [3.05, 3.63) is 0 Å². The second-order valence-electron chi connectivity index (χ2n) is 2.15. The molecular formula is C6H13NO2. The van der Waals surface area contributed by atoms with Gasteiger partial charge in [-0.3, -0.25) is 0 Å². The highest BCUT2D eigenvalue weighted by Crippen LogP contribution is 2.12. The van der Waals surface area contributed by atoms with E-state index < -0.39 is 0 Å². The lowest BCUT2D eigenvalue weighted by Gasteiger charge is -1.97. The van der Waals surface area contributed by atoms with Crippen molar-refractivity contribution in [1.82, 2.24) is 0 Å². The van der Waals surface area contributed by atoms with Crippen LogP contribution in [-0.2, 0) is 9.47 Å². The Bertz CT molecular complexity index is 73.5. The number of epoxide rings is 1. The molecule has 1 saturated heterocycles. The zero-order valence-electron chi connectivity index (χ0n) is 5.51. The van der Waals surface area contributed by atoms with Crippen LogP contribution in [0.15, 0.2) is 0 Å². The largest absolute Gasteiger partial charge is 0.380 e. The van der Waals surface area contributed by atoms with Crippen molar-refractivity contribution in [3.63, 3.8) is 0 Å². The van der Waals surface area contributed by atoms with Crippen LogP contribution in [0.25, 0.3) is 0 Å². The van der Waals surface area contributed by atoms with Crippen LogP contribution in [-0.4, -0.2) is 32.5 Å². The number of ether oxygens (including phenoxy) is 2. The molecule has 0 aromatic heterocycles. The molecular weight excluding hydrogens is 118 g/mol. The second-order valence-corrected chi connectivity index (χ2v) is 2.15. The summed E-state index contributed by atoms with van der Waals surface area (Å²) in [5, 5.41) is 0. The summed E-state index contributed by atoms with van der Waals surface area (Å²) in [5.41, 5.74) is 5.20. The predicted octanol–water partition coefficient (Wildman–Crippen LogP) is -0.249. The van der Waals surface area contributed by atoms with Gasteiger partial charge in [0, 0.05) is 13.2 Å². The fourth-order valence-corrected chi connectivity index (χ4v) is 0.635. The summed E-state index contributed by atoms with van der Waals surface area (Å²) in [6, 6.07) is 0. The zero-order chi connectivity index (χ0) is 6.53. The third-order valence-corrected chi connectivity index (χ3v) is 1.25. The molecule has 0 saturated carbocycles. The Balaban J connectivity index is 1.71. The molecule has 54 valence electrons. The quantitative estimate of drug-likeness (QED) is 0.413. The molecule has 0 radical (unpaired) electrons. The van der Waals surface area contributed by atoms with Crippen LogP contribution in [0.4, 0.5) is 0 Å². The lowest BCUT2D eigenvalue weighted by atomic mass is 10.3. The van der Waals surface area contributed by atoms with Gasteiger partial charge in [0.1, 0.15) is 0 Å². The number of hydrogen-bond donors (Lipinski definition) is 1. The summed E-state index contributed by atoms with van der Waals surface area (Å²) in [5.74, 6) is 0. The lowest BCUT2D eigenvalue weighted by Crippen LogP contribution is -2.09. The minimum Gasteiger partial charge on any atom is -0.380 e. The minimum atomic E-state index is 0.489. The summed E-state index contributed by atoms with van der Waals surface area (Å²) in [4.78, 5) is 0. The molecule has 1 rings (SSSR count). The standard InChI is InChI=1S/C6H13NO2/c7-2-4-8-3-1-6-5-9-6/h6H,1-5,7H2. The summed E-state index contributed by atoms with van der Waals surface area (Å²) >= 11 is 0. The van der Waals surface area contributed by atoms with E-state index >= 15 is 0 Å². The third-order valence-electron chi connectivity index (χ3n) is 1.25. The Hall–Kier alpha value is -0.120. The summed E-state index contributed by atoms with van der Waals surface area (Å²) in [7, 11) is 0. The van der Waals surface area contributed by atoms with Crippen molar-refractivity contribution >= 4 is 0 Å². The maximum atomic E-state index is 5.20. The molecule has 1 aliphatic heterocycles. The summed E-state index contributed by atoms with van der Waals surface area (Å²) in [6.07, 6.45) is 1.52. The lowest BCUT2D eigenvalue weighted by molar-refractivity contribution is 0.132. The molecule has 0 spiro atoms. The van der Waals surface area contributed by atoms with E-state index in [-0.39, 0.29) is 0 Å². The van der Waals surface area contributed by atoms with Crippen molar-refractivity contribution in [2.45, 2.75) is 12.5 Å². The van der Waals surface area contributed by atoms with E-state index in [1.165, 1.54) is 0 Å². The van der Waals surface area contributed by atoms with Crippen molar-refractivity contribution in [2.75, 3.05) is 26.4 Å². The van der Waals surface area contributed by atoms with E-state index in [1.54, 1.807) is 0 Å². The topological polar surface area (TPSA) is 47.8 Å². The Morgan fingerprint density at radius 2 is 2.33 bits per heavy atom. The van der Waals surface area contributed by atoms with Gasteiger partial charge in [-0.1, -0.05) is 0 Å². The first kappa shape index (κ1) is 6.99. The number of nitrogens with two attached hydrogens (primary N) is 1. The monoisotopic (exact) mass is 131 g/mol. The average Bonchev–Trinajstić information content (AvgIpc) is 2.63. The van der Waals surface area contributed by atoms with E-state index in [4.69, 9.17) is 15.2 Å². The van der Waals surface area contributed by atoms with Gasteiger partial charge >= 0.3 is 0 Å². The van der Waals surface area contributed by atoms with Gasteiger partial charge in [0.15, 0.2) is 0 Å². The Morgan fingerprint density at radius 1 is 1.56 bits per heavy atom. The molecule has 1 fully saturated rings. The van der Waals surface area contributed by atoms with Gasteiger partial charge in [-0.05, 0) is 6.42 Å². The van der Waals surface area contributed by atoms with Crippen LogP contribution in [0, 0.1) is 0 Å². The van der Waals surface area contributed by atoms with Gasteiger partial charge in [-0.25, -0.2) is 0 Å². The fourth-order valence-electron chi connectivity index (χ4n) is 0.635. The van der Waals surface area contributed by atoms with Gasteiger partial charge in [-0.2, -0.15) is 0 Å². The Labute approximate surface area is 55.1 Å². The maximum absolute atomic E-state index is 5.20. The van der Waals surface area contributed by atoms with Gasteiger partial charge in [0.05, 0.1) is 19.3 Å². The first-order valence-corrected chi connectivity index (χ1v) is 3.33. The van der Waals surface area contributed by atoms with Crippen LogP contribution >= 0.6 is 0 Å². The van der Waals surface area contributed by atoms with Crippen LogP contribution in [0.1, 0.15) is 6.42 Å². The van der Waals surface area contributed by atoms with Crippen LogP contribution in [0.2, 0.25) is 0 Å². The van der Waals surface area contributed by atoms with Crippen molar-refractivity contribution in [3.8, 4) is 0 Å². The first-order valence-electron chi connectivity index (χ1n) is 3.33. The molecule has 3 heteroatoms. The molecule has 1 unspecified atom stereocenters. The smallest absolute Gasteiger partial charge is 0.0831 e. The average molecular weight is 131 g/mol. The van der Waals surface area contributed by atoms with Crippen LogP contribution in [0.3, 0.4) is 0 Å². The molecule has 0 aromatic carbocycles. The molecule has 9 heavy (non-hydrogen) atoms. The van der Waals surface area contributed by atoms with E-state index in [9.17, 15) is 0 Å². The molecule has 2 N–H and O–H groups in total. The molecule has 0 aliphatic carbocycles. The van der Waals surface area contributed by atoms with Gasteiger partial charge in [0.2, 0.25) is 0 Å². The molecule has 0 amide bonds. The number of hydrogen-bond acceptors (Lipinski definition) is 3. The SMILES string of the molecule is NCCOCCC1CO1. The van der Waals surface area contributed by atoms with Crippen LogP contribution in [0.5, 0.6) is 0 Å². The van der Waals surface area contributed by atoms with Crippen molar-refractivity contribution < 1.29 is 9.47 Å². The molecule has 0 bridgehead atoms. The van der Waals surface area contributed by atoms with E-state index in [0.717, 1.165) is 19.6 Å². The zero-order valence-corrected chi connectivity index (χ0v) is 5.51. The van der Waals surface area contributed by atoms with Crippen molar-refractivity contribution in [2.24, 2.45) is 5.73 Å². The predicted molar refractivity (Wildman–Crippen MR) is 34.2 cm³/mol. The molecule has 3 nitrogen and oxygen atoms in total. The molecule has 1 aliphatic rings. The van der Waals surface area contributed by atoms with Crippen molar-refractivity contribution in [1.29, 1.82) is 0 Å². The second kappa shape index (κ2) is 3.82. The minimum absolute atomic E-state index is 0.489. The van der Waals surface area contributed by atoms with Gasteiger partial charge in [-0.15, -0.1) is 0 Å². The molecule has 1 atom stereocenters.